The summed E-state index contributed by atoms with van der Waals surface area (Å²) in [6.07, 6.45) is 2.14. The lowest BCUT2D eigenvalue weighted by molar-refractivity contribution is -0.132. The van der Waals surface area contributed by atoms with Crippen LogP contribution in [-0.4, -0.2) is 57.6 Å². The van der Waals surface area contributed by atoms with E-state index in [2.05, 4.69) is 17.2 Å². The van der Waals surface area contributed by atoms with Gasteiger partial charge in [0.15, 0.2) is 5.82 Å². The van der Waals surface area contributed by atoms with Gasteiger partial charge in [-0.1, -0.05) is 30.3 Å². The Kier molecular flexibility index (Phi) is 7.05. The fourth-order valence-corrected chi connectivity index (χ4v) is 4.40. The molecular weight excluding hydrogens is 438 g/mol. The van der Waals surface area contributed by atoms with Crippen molar-refractivity contribution in [3.05, 3.63) is 82.7 Å². The van der Waals surface area contributed by atoms with E-state index in [-0.39, 0.29) is 17.5 Å². The number of carbonyl (C=O) groups is 2. The largest absolute Gasteiger partial charge is 0.339 e. The van der Waals surface area contributed by atoms with Crippen LogP contribution in [0.3, 0.4) is 0 Å². The summed E-state index contributed by atoms with van der Waals surface area (Å²) in [5.41, 5.74) is 2.69. The molecule has 0 atom stereocenters. The van der Waals surface area contributed by atoms with Crippen molar-refractivity contribution in [3.63, 3.8) is 0 Å². The molecule has 0 saturated carbocycles. The van der Waals surface area contributed by atoms with Crippen molar-refractivity contribution in [1.82, 2.24) is 19.6 Å². The molecule has 6 nitrogen and oxygen atoms in total. The Labute approximate surface area is 197 Å². The van der Waals surface area contributed by atoms with Gasteiger partial charge in [-0.2, -0.15) is 5.10 Å². The second-order valence-corrected chi connectivity index (χ2v) is 8.57. The molecule has 8 heteroatoms. The molecule has 34 heavy (non-hydrogen) atoms. The standard InChI is InChI=1S/C26H28F2N4O2/c1-18-25(19(2)32(29-18)23-12-11-21(27)17-22(23)28)26(34)31-15-13-30(14-16-31)24(33)10-6-9-20-7-4-3-5-8-20/h3-5,7-8,11-12,17H,6,9-10,13-16H2,1-2H3. The monoisotopic (exact) mass is 466 g/mol. The van der Waals surface area contributed by atoms with Gasteiger partial charge in [0.25, 0.3) is 5.91 Å². The zero-order chi connectivity index (χ0) is 24.2. The van der Waals surface area contributed by atoms with Crippen LogP contribution in [0, 0.1) is 25.5 Å². The molecule has 0 aliphatic carbocycles. The van der Waals surface area contributed by atoms with Crippen LogP contribution in [0.4, 0.5) is 8.78 Å². The SMILES string of the molecule is Cc1nn(-c2ccc(F)cc2F)c(C)c1C(=O)N1CCN(C(=O)CCCc2ccccc2)CC1. The van der Waals surface area contributed by atoms with E-state index in [0.717, 1.165) is 25.0 Å². The molecule has 1 aromatic heterocycles. The van der Waals surface area contributed by atoms with Crippen LogP contribution in [-0.2, 0) is 11.2 Å². The minimum atomic E-state index is -0.746. The zero-order valence-corrected chi connectivity index (χ0v) is 19.4. The summed E-state index contributed by atoms with van der Waals surface area (Å²) >= 11 is 0. The highest BCUT2D eigenvalue weighted by Gasteiger charge is 2.29. The minimum Gasteiger partial charge on any atom is -0.339 e. The number of carbonyl (C=O) groups excluding carboxylic acids is 2. The first kappa shape index (κ1) is 23.6. The van der Waals surface area contributed by atoms with Crippen molar-refractivity contribution in [2.45, 2.75) is 33.1 Å². The number of rotatable bonds is 6. The van der Waals surface area contributed by atoms with Gasteiger partial charge in [-0.25, -0.2) is 13.5 Å². The van der Waals surface area contributed by atoms with Crippen LogP contribution in [0.2, 0.25) is 0 Å². The van der Waals surface area contributed by atoms with E-state index < -0.39 is 11.6 Å². The summed E-state index contributed by atoms with van der Waals surface area (Å²) in [6.45, 7) is 5.22. The Bertz CT molecular complexity index is 1190. The molecular formula is C26H28F2N4O2. The average molecular weight is 467 g/mol. The fourth-order valence-electron chi connectivity index (χ4n) is 4.40. The molecule has 1 fully saturated rings. The van der Waals surface area contributed by atoms with E-state index in [1.54, 1.807) is 18.7 Å². The molecule has 2 heterocycles. The second-order valence-electron chi connectivity index (χ2n) is 8.57. The predicted octanol–water partition coefficient (Wildman–Crippen LogP) is 4.07. The summed E-state index contributed by atoms with van der Waals surface area (Å²) in [5.74, 6) is -1.51. The lowest BCUT2D eigenvalue weighted by atomic mass is 10.1. The maximum absolute atomic E-state index is 14.3. The molecule has 1 aliphatic rings. The van der Waals surface area contributed by atoms with E-state index in [9.17, 15) is 18.4 Å². The first-order valence-corrected chi connectivity index (χ1v) is 11.5. The van der Waals surface area contributed by atoms with Crippen molar-refractivity contribution < 1.29 is 18.4 Å². The van der Waals surface area contributed by atoms with Crippen LogP contribution in [0.25, 0.3) is 5.69 Å². The first-order chi connectivity index (χ1) is 16.3. The second kappa shape index (κ2) is 10.2. The topological polar surface area (TPSA) is 58.4 Å². The van der Waals surface area contributed by atoms with Gasteiger partial charge < -0.3 is 9.80 Å². The lowest BCUT2D eigenvalue weighted by Crippen LogP contribution is -2.50. The average Bonchev–Trinajstić information content (AvgIpc) is 3.12. The van der Waals surface area contributed by atoms with Crippen molar-refractivity contribution in [3.8, 4) is 5.69 Å². The molecule has 0 bridgehead atoms. The number of amides is 2. The number of halogens is 2. The third-order valence-corrected chi connectivity index (χ3v) is 6.26. The summed E-state index contributed by atoms with van der Waals surface area (Å²) in [5, 5.41) is 4.33. The summed E-state index contributed by atoms with van der Waals surface area (Å²) in [6, 6.07) is 13.4. The van der Waals surface area contributed by atoms with Gasteiger partial charge in [0.2, 0.25) is 5.91 Å². The molecule has 178 valence electrons. The van der Waals surface area contributed by atoms with Gasteiger partial charge in [0.05, 0.1) is 17.0 Å². The van der Waals surface area contributed by atoms with Crippen molar-refractivity contribution in [1.29, 1.82) is 0 Å². The van der Waals surface area contributed by atoms with Crippen LogP contribution in [0.1, 0.15) is 40.2 Å². The van der Waals surface area contributed by atoms with E-state index in [4.69, 9.17) is 0 Å². The molecule has 0 N–H and O–H groups in total. The van der Waals surface area contributed by atoms with Crippen LogP contribution >= 0.6 is 0 Å². The zero-order valence-electron chi connectivity index (χ0n) is 19.4. The number of hydrogen-bond acceptors (Lipinski definition) is 3. The highest BCUT2D eigenvalue weighted by Crippen LogP contribution is 2.23. The Balaban J connectivity index is 1.36. The van der Waals surface area contributed by atoms with E-state index in [0.29, 0.717) is 49.6 Å². The Morgan fingerprint density at radius 2 is 1.62 bits per heavy atom. The number of piperazine rings is 1. The van der Waals surface area contributed by atoms with E-state index in [1.807, 2.05) is 23.1 Å². The summed E-state index contributed by atoms with van der Waals surface area (Å²) < 4.78 is 28.9. The van der Waals surface area contributed by atoms with Crippen molar-refractivity contribution in [2.24, 2.45) is 0 Å². The molecule has 1 aliphatic heterocycles. The summed E-state index contributed by atoms with van der Waals surface area (Å²) in [4.78, 5) is 29.4. The Morgan fingerprint density at radius 3 is 2.29 bits per heavy atom. The third-order valence-electron chi connectivity index (χ3n) is 6.26. The smallest absolute Gasteiger partial charge is 0.257 e. The minimum absolute atomic E-state index is 0.0898. The normalized spacial score (nSPS) is 13.9. The maximum Gasteiger partial charge on any atom is 0.257 e. The fraction of sp³-hybridized carbons (Fsp3) is 0.346. The number of nitrogens with zero attached hydrogens (tertiary/aromatic N) is 4. The summed E-state index contributed by atoms with van der Waals surface area (Å²) in [7, 11) is 0. The van der Waals surface area contributed by atoms with E-state index >= 15 is 0 Å². The van der Waals surface area contributed by atoms with Gasteiger partial charge in [0, 0.05) is 38.7 Å². The molecule has 1 saturated heterocycles. The van der Waals surface area contributed by atoms with Crippen molar-refractivity contribution in [2.75, 3.05) is 26.2 Å². The molecule has 0 spiro atoms. The Morgan fingerprint density at radius 1 is 0.941 bits per heavy atom. The Hall–Kier alpha value is -3.55. The highest BCUT2D eigenvalue weighted by atomic mass is 19.1. The number of hydrogen-bond donors (Lipinski definition) is 0. The highest BCUT2D eigenvalue weighted by molar-refractivity contribution is 5.96. The van der Waals surface area contributed by atoms with Gasteiger partial charge in [-0.05, 0) is 44.4 Å². The quantitative estimate of drug-likeness (QED) is 0.550. The first-order valence-electron chi connectivity index (χ1n) is 11.5. The maximum atomic E-state index is 14.3. The molecule has 0 radical (unpaired) electrons. The molecule has 0 unspecified atom stereocenters. The molecule has 3 aromatic rings. The van der Waals surface area contributed by atoms with Gasteiger partial charge >= 0.3 is 0 Å². The van der Waals surface area contributed by atoms with E-state index in [1.165, 1.54) is 16.3 Å². The van der Waals surface area contributed by atoms with Gasteiger partial charge in [-0.3, -0.25) is 9.59 Å². The van der Waals surface area contributed by atoms with Gasteiger partial charge in [0.1, 0.15) is 11.5 Å². The number of aromatic nitrogens is 2. The lowest BCUT2D eigenvalue weighted by Gasteiger charge is -2.35. The van der Waals surface area contributed by atoms with Crippen molar-refractivity contribution >= 4 is 11.8 Å². The third kappa shape index (κ3) is 5.00. The van der Waals surface area contributed by atoms with Gasteiger partial charge in [-0.15, -0.1) is 0 Å². The van der Waals surface area contributed by atoms with Crippen LogP contribution in [0.15, 0.2) is 48.5 Å². The predicted molar refractivity (Wildman–Crippen MR) is 125 cm³/mol. The number of aryl methyl sites for hydroxylation is 2. The van der Waals surface area contributed by atoms with Crippen LogP contribution in [0.5, 0.6) is 0 Å². The number of benzene rings is 2. The molecule has 4 rings (SSSR count). The molecule has 2 amide bonds. The van der Waals surface area contributed by atoms with Crippen LogP contribution < -0.4 is 0 Å². The molecule has 2 aromatic carbocycles.